The summed E-state index contributed by atoms with van der Waals surface area (Å²) in [4.78, 5) is 0. The molecular formula is C16H22O2. The fourth-order valence-electron chi connectivity index (χ4n) is 1.26. The van der Waals surface area contributed by atoms with Gasteiger partial charge in [-0.3, -0.25) is 0 Å². The summed E-state index contributed by atoms with van der Waals surface area (Å²) in [5, 5.41) is 9.79. The summed E-state index contributed by atoms with van der Waals surface area (Å²) in [6, 6.07) is 7.60. The van der Waals surface area contributed by atoms with Crippen LogP contribution in [0.3, 0.4) is 0 Å². The Kier molecular flexibility index (Phi) is 4.43. The normalized spacial score (nSPS) is 14.3. The van der Waals surface area contributed by atoms with Crippen LogP contribution in [-0.2, 0) is 0 Å². The molecule has 18 heavy (non-hydrogen) atoms. The van der Waals surface area contributed by atoms with Gasteiger partial charge in [0.15, 0.2) is 0 Å². The molecule has 0 aromatic heterocycles. The summed E-state index contributed by atoms with van der Waals surface area (Å²) in [7, 11) is 0. The summed E-state index contributed by atoms with van der Waals surface area (Å²) >= 11 is 0. The topological polar surface area (TPSA) is 29.5 Å². The molecule has 1 unspecified atom stereocenters. The molecule has 1 N–H and O–H groups in total. The van der Waals surface area contributed by atoms with E-state index in [4.69, 9.17) is 4.74 Å². The first-order chi connectivity index (χ1) is 8.22. The van der Waals surface area contributed by atoms with Gasteiger partial charge in [-0.05, 0) is 58.4 Å². The lowest BCUT2D eigenvalue weighted by Crippen LogP contribution is -2.22. The third-order valence-electron chi connectivity index (χ3n) is 2.44. The van der Waals surface area contributed by atoms with Gasteiger partial charge in [0.2, 0.25) is 0 Å². The summed E-state index contributed by atoms with van der Waals surface area (Å²) in [5.74, 6) is 6.66. The van der Waals surface area contributed by atoms with Crippen molar-refractivity contribution in [3.8, 4) is 17.6 Å². The van der Waals surface area contributed by atoms with Gasteiger partial charge in [0, 0.05) is 5.56 Å². The molecule has 1 atom stereocenters. The highest BCUT2D eigenvalue weighted by Gasteiger charge is 2.13. The molecule has 2 heteroatoms. The number of aliphatic hydroxyl groups is 1. The lowest BCUT2D eigenvalue weighted by atomic mass is 10.0. The molecule has 0 aliphatic rings. The molecule has 0 fully saturated rings. The van der Waals surface area contributed by atoms with Crippen LogP contribution in [0.4, 0.5) is 0 Å². The molecule has 1 aromatic rings. The molecule has 1 aromatic carbocycles. The van der Waals surface area contributed by atoms with E-state index in [2.05, 4.69) is 11.8 Å². The monoisotopic (exact) mass is 246 g/mol. The van der Waals surface area contributed by atoms with Crippen LogP contribution in [-0.4, -0.2) is 16.3 Å². The van der Waals surface area contributed by atoms with Gasteiger partial charge in [-0.2, -0.15) is 0 Å². The third-order valence-corrected chi connectivity index (χ3v) is 2.44. The Bertz CT molecular complexity index is 439. The Hall–Kier alpha value is -1.46. The minimum absolute atomic E-state index is 0.195. The van der Waals surface area contributed by atoms with Crippen LogP contribution in [0.25, 0.3) is 0 Å². The summed E-state index contributed by atoms with van der Waals surface area (Å²) < 4.78 is 5.73. The number of benzene rings is 1. The maximum atomic E-state index is 9.79. The molecule has 0 radical (unpaired) electrons. The van der Waals surface area contributed by atoms with E-state index in [1.165, 1.54) is 0 Å². The molecule has 0 amide bonds. The van der Waals surface area contributed by atoms with Crippen molar-refractivity contribution >= 4 is 0 Å². The second-order valence-electron chi connectivity index (χ2n) is 5.62. The quantitative estimate of drug-likeness (QED) is 0.811. The van der Waals surface area contributed by atoms with Crippen molar-refractivity contribution in [2.24, 2.45) is 0 Å². The van der Waals surface area contributed by atoms with Gasteiger partial charge >= 0.3 is 0 Å². The molecule has 0 bridgehead atoms. The number of ether oxygens (including phenoxy) is 1. The average Bonchev–Trinajstić information content (AvgIpc) is 2.26. The van der Waals surface area contributed by atoms with Crippen LogP contribution in [0.5, 0.6) is 5.75 Å². The molecule has 0 saturated carbocycles. The standard InChI is InChI=1S/C16H22O2/c1-6-16(5,17)12-11-13-7-9-14(10-8-13)18-15(2,3)4/h7-10,17H,6H2,1-5H3. The van der Waals surface area contributed by atoms with Crippen LogP contribution >= 0.6 is 0 Å². The molecule has 2 nitrogen and oxygen atoms in total. The minimum atomic E-state index is -0.916. The van der Waals surface area contributed by atoms with E-state index >= 15 is 0 Å². The van der Waals surface area contributed by atoms with Crippen molar-refractivity contribution < 1.29 is 9.84 Å². The van der Waals surface area contributed by atoms with E-state index in [1.54, 1.807) is 6.92 Å². The molecule has 0 spiro atoms. The zero-order valence-corrected chi connectivity index (χ0v) is 11.9. The Morgan fingerprint density at radius 2 is 1.67 bits per heavy atom. The second kappa shape index (κ2) is 5.46. The smallest absolute Gasteiger partial charge is 0.122 e. The van der Waals surface area contributed by atoms with Crippen molar-refractivity contribution in [3.05, 3.63) is 29.8 Å². The highest BCUT2D eigenvalue weighted by Crippen LogP contribution is 2.18. The van der Waals surface area contributed by atoms with Gasteiger partial charge in [-0.25, -0.2) is 0 Å². The van der Waals surface area contributed by atoms with Crippen LogP contribution < -0.4 is 4.74 Å². The first-order valence-electron chi connectivity index (χ1n) is 6.26. The summed E-state index contributed by atoms with van der Waals surface area (Å²) in [6.45, 7) is 9.67. The molecule has 0 heterocycles. The van der Waals surface area contributed by atoms with Crippen LogP contribution in [0.1, 0.15) is 46.6 Å². The van der Waals surface area contributed by atoms with Crippen molar-refractivity contribution in [3.63, 3.8) is 0 Å². The first-order valence-corrected chi connectivity index (χ1v) is 6.26. The minimum Gasteiger partial charge on any atom is -0.488 e. The van der Waals surface area contributed by atoms with Gasteiger partial charge in [0.1, 0.15) is 17.0 Å². The third kappa shape index (κ3) is 5.25. The Labute approximate surface area is 110 Å². The van der Waals surface area contributed by atoms with E-state index in [1.807, 2.05) is 52.0 Å². The summed E-state index contributed by atoms with van der Waals surface area (Å²) in [5.41, 5.74) is -0.232. The second-order valence-corrected chi connectivity index (χ2v) is 5.62. The van der Waals surface area contributed by atoms with Gasteiger partial charge < -0.3 is 9.84 Å². The van der Waals surface area contributed by atoms with Crippen LogP contribution in [0, 0.1) is 11.8 Å². The van der Waals surface area contributed by atoms with Gasteiger partial charge in [0.05, 0.1) is 0 Å². The lowest BCUT2D eigenvalue weighted by molar-refractivity contribution is 0.118. The Balaban J connectivity index is 2.78. The molecule has 0 saturated heterocycles. The summed E-state index contributed by atoms with van der Waals surface area (Å²) in [6.07, 6.45) is 0.616. The lowest BCUT2D eigenvalue weighted by Gasteiger charge is -2.21. The van der Waals surface area contributed by atoms with Crippen molar-refractivity contribution in [2.75, 3.05) is 0 Å². The van der Waals surface area contributed by atoms with Gasteiger partial charge in [0.25, 0.3) is 0 Å². The molecular weight excluding hydrogens is 224 g/mol. The zero-order valence-electron chi connectivity index (χ0n) is 11.9. The first kappa shape index (κ1) is 14.6. The maximum Gasteiger partial charge on any atom is 0.122 e. The predicted octanol–water partition coefficient (Wildman–Crippen LogP) is 3.38. The average molecular weight is 246 g/mol. The van der Waals surface area contributed by atoms with E-state index in [0.717, 1.165) is 11.3 Å². The predicted molar refractivity (Wildman–Crippen MR) is 74.6 cm³/mol. The highest BCUT2D eigenvalue weighted by atomic mass is 16.5. The molecule has 0 aliphatic carbocycles. The van der Waals surface area contributed by atoms with E-state index in [-0.39, 0.29) is 5.60 Å². The van der Waals surface area contributed by atoms with Gasteiger partial charge in [-0.15, -0.1) is 0 Å². The Morgan fingerprint density at radius 1 is 1.11 bits per heavy atom. The van der Waals surface area contributed by atoms with E-state index in [0.29, 0.717) is 6.42 Å². The SMILES string of the molecule is CCC(C)(O)C#Cc1ccc(OC(C)(C)C)cc1. The molecule has 98 valence electrons. The Morgan fingerprint density at radius 3 is 2.11 bits per heavy atom. The molecule has 1 rings (SSSR count). The fraction of sp³-hybridized carbons (Fsp3) is 0.500. The van der Waals surface area contributed by atoms with Crippen molar-refractivity contribution in [1.29, 1.82) is 0 Å². The maximum absolute atomic E-state index is 9.79. The highest BCUT2D eigenvalue weighted by molar-refractivity contribution is 5.39. The van der Waals surface area contributed by atoms with Crippen LogP contribution in [0.2, 0.25) is 0 Å². The number of hydrogen-bond acceptors (Lipinski definition) is 2. The fourth-order valence-corrected chi connectivity index (χ4v) is 1.26. The largest absolute Gasteiger partial charge is 0.488 e. The van der Waals surface area contributed by atoms with Gasteiger partial charge in [-0.1, -0.05) is 18.8 Å². The number of hydrogen-bond donors (Lipinski definition) is 1. The van der Waals surface area contributed by atoms with Crippen molar-refractivity contribution in [1.82, 2.24) is 0 Å². The van der Waals surface area contributed by atoms with E-state index < -0.39 is 5.60 Å². The van der Waals surface area contributed by atoms with Crippen LogP contribution in [0.15, 0.2) is 24.3 Å². The zero-order chi connectivity index (χ0) is 13.8. The number of rotatable bonds is 2. The van der Waals surface area contributed by atoms with Crippen molar-refractivity contribution in [2.45, 2.75) is 52.2 Å². The molecule has 0 aliphatic heterocycles. The van der Waals surface area contributed by atoms with E-state index in [9.17, 15) is 5.11 Å².